The van der Waals surface area contributed by atoms with E-state index in [9.17, 15) is 14.0 Å². The second-order valence-corrected chi connectivity index (χ2v) is 5.24. The van der Waals surface area contributed by atoms with E-state index in [-0.39, 0.29) is 24.3 Å². The molecule has 2 aromatic carbocycles. The van der Waals surface area contributed by atoms with Crippen molar-refractivity contribution in [2.75, 3.05) is 29.9 Å². The molecule has 1 N–H and O–H groups in total. The Kier molecular flexibility index (Phi) is 4.23. The van der Waals surface area contributed by atoms with E-state index in [1.165, 1.54) is 17.0 Å². The molecule has 0 aromatic heterocycles. The number of piperazine rings is 1. The standard InChI is InChI=1S/C17H16FN3O2/c18-13-6-8-15(9-7-13)21-11-10-20(12-16(21)22)17(23)19-14-4-2-1-3-5-14/h1-9H,10-12H2,(H,19,23). The summed E-state index contributed by atoms with van der Waals surface area (Å²) in [5.41, 5.74) is 1.32. The molecule has 1 aliphatic heterocycles. The Hall–Kier alpha value is -2.89. The Bertz CT molecular complexity index is 704. The van der Waals surface area contributed by atoms with Crippen molar-refractivity contribution in [2.45, 2.75) is 0 Å². The van der Waals surface area contributed by atoms with Crippen LogP contribution in [-0.4, -0.2) is 36.5 Å². The van der Waals surface area contributed by atoms with E-state index in [0.717, 1.165) is 0 Å². The van der Waals surface area contributed by atoms with Gasteiger partial charge in [0, 0.05) is 24.5 Å². The molecule has 0 unspecified atom stereocenters. The lowest BCUT2D eigenvalue weighted by Gasteiger charge is -2.34. The molecule has 5 nitrogen and oxygen atoms in total. The van der Waals surface area contributed by atoms with Gasteiger partial charge in [-0.1, -0.05) is 18.2 Å². The zero-order chi connectivity index (χ0) is 16.2. The van der Waals surface area contributed by atoms with Crippen LogP contribution in [0.2, 0.25) is 0 Å². The number of halogens is 1. The number of urea groups is 1. The summed E-state index contributed by atoms with van der Waals surface area (Å²) in [5.74, 6) is -0.534. The Labute approximate surface area is 133 Å². The zero-order valence-electron chi connectivity index (χ0n) is 12.4. The van der Waals surface area contributed by atoms with Gasteiger partial charge in [-0.15, -0.1) is 0 Å². The molecule has 3 rings (SSSR count). The van der Waals surface area contributed by atoms with Crippen LogP contribution in [0.25, 0.3) is 0 Å². The van der Waals surface area contributed by atoms with E-state index in [4.69, 9.17) is 0 Å². The Morgan fingerprint density at radius 2 is 1.70 bits per heavy atom. The van der Waals surface area contributed by atoms with Crippen LogP contribution in [0.1, 0.15) is 0 Å². The van der Waals surface area contributed by atoms with Gasteiger partial charge in [0.15, 0.2) is 0 Å². The third kappa shape index (κ3) is 3.48. The Balaban J connectivity index is 1.63. The number of carbonyl (C=O) groups is 2. The lowest BCUT2D eigenvalue weighted by Crippen LogP contribution is -2.53. The minimum absolute atomic E-state index is 0.00393. The quantitative estimate of drug-likeness (QED) is 0.927. The molecule has 0 aliphatic carbocycles. The first-order valence-corrected chi connectivity index (χ1v) is 7.30. The van der Waals surface area contributed by atoms with Gasteiger partial charge >= 0.3 is 6.03 Å². The molecule has 0 atom stereocenters. The molecule has 3 amide bonds. The van der Waals surface area contributed by atoms with E-state index in [0.29, 0.717) is 24.5 Å². The van der Waals surface area contributed by atoms with Gasteiger partial charge in [0.25, 0.3) is 0 Å². The van der Waals surface area contributed by atoms with Gasteiger partial charge in [0.2, 0.25) is 5.91 Å². The third-order valence-electron chi connectivity index (χ3n) is 3.67. The number of amides is 3. The molecule has 2 aromatic rings. The first-order chi connectivity index (χ1) is 11.1. The maximum atomic E-state index is 13.0. The molecule has 6 heteroatoms. The van der Waals surface area contributed by atoms with Crippen LogP contribution in [0.15, 0.2) is 54.6 Å². The van der Waals surface area contributed by atoms with Crippen LogP contribution in [-0.2, 0) is 4.79 Å². The first kappa shape index (κ1) is 15.0. The molecule has 1 aliphatic rings. The first-order valence-electron chi connectivity index (χ1n) is 7.30. The van der Waals surface area contributed by atoms with Crippen molar-refractivity contribution in [3.63, 3.8) is 0 Å². The van der Waals surface area contributed by atoms with Crippen molar-refractivity contribution >= 4 is 23.3 Å². The predicted molar refractivity (Wildman–Crippen MR) is 85.8 cm³/mol. The van der Waals surface area contributed by atoms with Crippen molar-refractivity contribution in [1.29, 1.82) is 0 Å². The van der Waals surface area contributed by atoms with Gasteiger partial charge in [0.1, 0.15) is 12.4 Å². The number of hydrogen-bond acceptors (Lipinski definition) is 2. The molecule has 0 bridgehead atoms. The molecule has 0 radical (unpaired) electrons. The van der Waals surface area contributed by atoms with Gasteiger partial charge in [-0.05, 0) is 36.4 Å². The van der Waals surface area contributed by atoms with Gasteiger partial charge in [-0.3, -0.25) is 4.79 Å². The summed E-state index contributed by atoms with van der Waals surface area (Å²) >= 11 is 0. The summed E-state index contributed by atoms with van der Waals surface area (Å²) in [6, 6.07) is 14.5. The van der Waals surface area contributed by atoms with Gasteiger partial charge < -0.3 is 15.1 Å². The van der Waals surface area contributed by atoms with Crippen LogP contribution in [0.3, 0.4) is 0 Å². The number of anilines is 2. The highest BCUT2D eigenvalue weighted by atomic mass is 19.1. The molecule has 0 spiro atoms. The Morgan fingerprint density at radius 3 is 2.35 bits per heavy atom. The van der Waals surface area contributed by atoms with Crippen LogP contribution in [0.5, 0.6) is 0 Å². The summed E-state index contributed by atoms with van der Waals surface area (Å²) in [6.45, 7) is 0.796. The zero-order valence-corrected chi connectivity index (χ0v) is 12.4. The summed E-state index contributed by atoms with van der Waals surface area (Å²) < 4.78 is 13.0. The molecular weight excluding hydrogens is 297 g/mol. The third-order valence-corrected chi connectivity index (χ3v) is 3.67. The van der Waals surface area contributed by atoms with Crippen molar-refractivity contribution in [3.8, 4) is 0 Å². The van der Waals surface area contributed by atoms with Crippen LogP contribution < -0.4 is 10.2 Å². The highest BCUT2D eigenvalue weighted by molar-refractivity contribution is 5.99. The molecule has 1 heterocycles. The van der Waals surface area contributed by atoms with E-state index < -0.39 is 0 Å². The summed E-state index contributed by atoms with van der Waals surface area (Å²) in [5, 5.41) is 2.76. The molecule has 118 valence electrons. The fourth-order valence-electron chi connectivity index (χ4n) is 2.46. The summed E-state index contributed by atoms with van der Waals surface area (Å²) in [6.07, 6.45) is 0. The average molecular weight is 313 g/mol. The van der Waals surface area contributed by atoms with Crippen molar-refractivity contribution in [1.82, 2.24) is 4.90 Å². The normalized spacial score (nSPS) is 14.7. The smallest absolute Gasteiger partial charge is 0.313 e. The topological polar surface area (TPSA) is 52.7 Å². The van der Waals surface area contributed by atoms with Crippen LogP contribution in [0.4, 0.5) is 20.6 Å². The minimum atomic E-state index is -0.345. The van der Waals surface area contributed by atoms with E-state index >= 15 is 0 Å². The largest absolute Gasteiger partial charge is 0.322 e. The predicted octanol–water partition coefficient (Wildman–Crippen LogP) is 2.71. The lowest BCUT2D eigenvalue weighted by molar-refractivity contribution is -0.120. The molecule has 0 saturated carbocycles. The van der Waals surface area contributed by atoms with Crippen molar-refractivity contribution in [3.05, 3.63) is 60.4 Å². The number of para-hydroxylation sites is 1. The number of benzene rings is 2. The number of nitrogens with zero attached hydrogens (tertiary/aromatic N) is 2. The maximum Gasteiger partial charge on any atom is 0.322 e. The Morgan fingerprint density at radius 1 is 1.00 bits per heavy atom. The highest BCUT2D eigenvalue weighted by Crippen LogP contribution is 2.18. The number of nitrogens with one attached hydrogen (secondary N) is 1. The average Bonchev–Trinajstić information content (AvgIpc) is 2.57. The summed E-state index contributed by atoms with van der Waals surface area (Å²) in [4.78, 5) is 27.5. The molecule has 23 heavy (non-hydrogen) atoms. The SMILES string of the molecule is O=C(Nc1ccccc1)N1CCN(c2ccc(F)cc2)C(=O)C1. The molecular formula is C17H16FN3O2. The number of rotatable bonds is 2. The van der Waals surface area contributed by atoms with Gasteiger partial charge in [-0.25, -0.2) is 9.18 Å². The maximum absolute atomic E-state index is 13.0. The van der Waals surface area contributed by atoms with Gasteiger partial charge in [0.05, 0.1) is 0 Å². The lowest BCUT2D eigenvalue weighted by atomic mass is 10.2. The van der Waals surface area contributed by atoms with E-state index in [1.807, 2.05) is 18.2 Å². The fraction of sp³-hybridized carbons (Fsp3) is 0.176. The fourth-order valence-corrected chi connectivity index (χ4v) is 2.46. The summed E-state index contributed by atoms with van der Waals surface area (Å²) in [7, 11) is 0. The second kappa shape index (κ2) is 6.48. The molecule has 1 fully saturated rings. The second-order valence-electron chi connectivity index (χ2n) is 5.24. The monoisotopic (exact) mass is 313 g/mol. The van der Waals surface area contributed by atoms with E-state index in [2.05, 4.69) is 5.32 Å². The number of hydrogen-bond donors (Lipinski definition) is 1. The minimum Gasteiger partial charge on any atom is -0.313 e. The van der Waals surface area contributed by atoms with Crippen LogP contribution >= 0.6 is 0 Å². The number of carbonyl (C=O) groups excluding carboxylic acids is 2. The van der Waals surface area contributed by atoms with Crippen molar-refractivity contribution < 1.29 is 14.0 Å². The van der Waals surface area contributed by atoms with Gasteiger partial charge in [-0.2, -0.15) is 0 Å². The van der Waals surface area contributed by atoms with Crippen LogP contribution in [0, 0.1) is 5.82 Å². The van der Waals surface area contributed by atoms with Crippen molar-refractivity contribution in [2.24, 2.45) is 0 Å². The highest BCUT2D eigenvalue weighted by Gasteiger charge is 2.28. The van der Waals surface area contributed by atoms with E-state index in [1.54, 1.807) is 29.2 Å². The molecule has 1 saturated heterocycles.